The molecule has 1 unspecified atom stereocenters. The molecule has 0 spiro atoms. The maximum absolute atomic E-state index is 15.4. The molecule has 1 aliphatic heterocycles. The van der Waals surface area contributed by atoms with Crippen LogP contribution in [0.1, 0.15) is 55.7 Å². The fourth-order valence-corrected chi connectivity index (χ4v) is 8.38. The van der Waals surface area contributed by atoms with Crippen LogP contribution < -0.4 is 16.4 Å². The number of nitrogens with two attached hydrogens (primary N) is 1. The Morgan fingerprint density at radius 1 is 0.957 bits per heavy atom. The first-order valence-corrected chi connectivity index (χ1v) is 17.3. The van der Waals surface area contributed by atoms with Crippen LogP contribution in [0.2, 0.25) is 0 Å². The summed E-state index contributed by atoms with van der Waals surface area (Å²) in [5.41, 5.74) is 7.12. The van der Waals surface area contributed by atoms with Crippen molar-refractivity contribution in [3.63, 3.8) is 0 Å². The van der Waals surface area contributed by atoms with Gasteiger partial charge in [-0.25, -0.2) is 26.0 Å². The van der Waals surface area contributed by atoms with Crippen molar-refractivity contribution in [1.82, 2.24) is 9.62 Å². The first kappa shape index (κ1) is 35.0. The second kappa shape index (κ2) is 14.8. The summed E-state index contributed by atoms with van der Waals surface area (Å²) in [4.78, 5) is 13.6. The van der Waals surface area contributed by atoms with E-state index in [-0.39, 0.29) is 42.4 Å². The lowest BCUT2D eigenvalue weighted by atomic mass is 9.84. The van der Waals surface area contributed by atoms with Gasteiger partial charge in [0.05, 0.1) is 30.0 Å². The molecule has 0 radical (unpaired) electrons. The molecular formula is C34H40F4N4O4S. The van der Waals surface area contributed by atoms with E-state index in [1.807, 2.05) is 13.8 Å². The highest BCUT2D eigenvalue weighted by Crippen LogP contribution is 2.35. The Labute approximate surface area is 272 Å². The van der Waals surface area contributed by atoms with Crippen LogP contribution in [0, 0.1) is 23.3 Å². The summed E-state index contributed by atoms with van der Waals surface area (Å²) < 4.78 is 92.0. The highest BCUT2D eigenvalue weighted by atomic mass is 32.2. The van der Waals surface area contributed by atoms with Crippen molar-refractivity contribution in [1.29, 1.82) is 0 Å². The highest BCUT2D eigenvalue weighted by molar-refractivity contribution is 7.90. The lowest BCUT2D eigenvalue weighted by molar-refractivity contribution is -0.117. The Balaban J connectivity index is 1.38. The first-order valence-electron chi connectivity index (χ1n) is 15.7. The Hall–Kier alpha value is -3.36. The zero-order valence-corrected chi connectivity index (χ0v) is 27.1. The van der Waals surface area contributed by atoms with E-state index < -0.39 is 68.5 Å². The minimum Gasteiger partial charge on any atom is -0.377 e. The fraction of sp³-hybridized carbons (Fsp3) is 0.441. The van der Waals surface area contributed by atoms with Crippen LogP contribution >= 0.6 is 0 Å². The molecule has 1 amide bonds. The van der Waals surface area contributed by atoms with Crippen LogP contribution in [-0.2, 0) is 26.0 Å². The number of sulfonamides is 1. The molecular weight excluding hydrogens is 636 g/mol. The van der Waals surface area contributed by atoms with E-state index in [0.29, 0.717) is 37.6 Å². The van der Waals surface area contributed by atoms with Crippen molar-refractivity contribution in [2.45, 2.75) is 74.9 Å². The first-order chi connectivity index (χ1) is 22.3. The number of ether oxygens (including phenoxy) is 1. The van der Waals surface area contributed by atoms with Crippen LogP contribution in [0.25, 0.3) is 0 Å². The molecule has 0 bridgehead atoms. The summed E-state index contributed by atoms with van der Waals surface area (Å²) in [6, 6.07) is 9.72. The number of rotatable bonds is 13. The van der Waals surface area contributed by atoms with E-state index in [4.69, 9.17) is 10.5 Å². The Bertz CT molecular complexity index is 1650. The second-order valence-electron chi connectivity index (χ2n) is 12.5. The predicted octanol–water partition coefficient (Wildman–Crippen LogP) is 4.83. The van der Waals surface area contributed by atoms with Crippen LogP contribution in [0.4, 0.5) is 23.2 Å². The summed E-state index contributed by atoms with van der Waals surface area (Å²) in [5, 5.41) is 5.54. The van der Waals surface area contributed by atoms with E-state index in [9.17, 15) is 26.4 Å². The summed E-state index contributed by atoms with van der Waals surface area (Å²) in [5.74, 6) is -4.73. The van der Waals surface area contributed by atoms with Crippen molar-refractivity contribution in [3.05, 3.63) is 101 Å². The maximum atomic E-state index is 15.4. The van der Waals surface area contributed by atoms with Gasteiger partial charge in [0, 0.05) is 42.4 Å². The van der Waals surface area contributed by atoms with Gasteiger partial charge in [0.15, 0.2) is 0 Å². The number of carbonyl (C=O) groups is 1. The van der Waals surface area contributed by atoms with E-state index in [0.717, 1.165) is 24.3 Å². The van der Waals surface area contributed by atoms with Gasteiger partial charge in [-0.1, -0.05) is 18.2 Å². The molecule has 5 rings (SSSR count). The number of anilines is 1. The number of nitrogens with zero attached hydrogens (tertiary/aromatic N) is 1. The van der Waals surface area contributed by atoms with Gasteiger partial charge in [-0.15, -0.1) is 0 Å². The van der Waals surface area contributed by atoms with Crippen molar-refractivity contribution in [2.75, 3.05) is 25.0 Å². The normalized spacial score (nSPS) is 20.3. The maximum Gasteiger partial charge on any atom is 0.242 e. The van der Waals surface area contributed by atoms with Gasteiger partial charge in [0.25, 0.3) is 0 Å². The van der Waals surface area contributed by atoms with Crippen LogP contribution in [-0.4, -0.2) is 67.8 Å². The van der Waals surface area contributed by atoms with Crippen LogP contribution in [0.3, 0.4) is 0 Å². The lowest BCUT2D eigenvalue weighted by Gasteiger charge is -2.42. The summed E-state index contributed by atoms with van der Waals surface area (Å²) in [7, 11) is -3.60. The van der Waals surface area contributed by atoms with E-state index in [1.54, 1.807) is 4.31 Å². The molecule has 1 aliphatic carbocycles. The molecule has 1 saturated heterocycles. The number of carbonyl (C=O) groups excluding carboxylic acids is 1. The minimum absolute atomic E-state index is 0.0639. The average Bonchev–Trinajstić information content (AvgIpc) is 3.87. The topological polar surface area (TPSA) is 114 Å². The average molecular weight is 677 g/mol. The summed E-state index contributed by atoms with van der Waals surface area (Å²) in [6.45, 7) is 4.78. The number of hydrogen-bond donors (Lipinski definition) is 3. The van der Waals surface area contributed by atoms with Gasteiger partial charge in [0.1, 0.15) is 23.3 Å². The Morgan fingerprint density at radius 2 is 1.62 bits per heavy atom. The molecule has 8 nitrogen and oxygen atoms in total. The number of piperazine rings is 1. The van der Waals surface area contributed by atoms with Gasteiger partial charge >= 0.3 is 0 Å². The predicted molar refractivity (Wildman–Crippen MR) is 171 cm³/mol. The van der Waals surface area contributed by atoms with Gasteiger partial charge in [-0.2, -0.15) is 4.31 Å². The molecule has 1 saturated carbocycles. The second-order valence-corrected chi connectivity index (χ2v) is 14.6. The molecule has 0 aromatic heterocycles. The Kier molecular flexibility index (Phi) is 11.0. The molecule has 2 aliphatic rings. The lowest BCUT2D eigenvalue weighted by Crippen LogP contribution is -2.61. The fourth-order valence-electron chi connectivity index (χ4n) is 6.15. The molecule has 254 valence electrons. The van der Waals surface area contributed by atoms with E-state index in [2.05, 4.69) is 10.6 Å². The van der Waals surface area contributed by atoms with E-state index in [1.165, 1.54) is 30.3 Å². The molecule has 47 heavy (non-hydrogen) atoms. The largest absolute Gasteiger partial charge is 0.377 e. The zero-order valence-electron chi connectivity index (χ0n) is 26.3. The third-order valence-electron chi connectivity index (χ3n) is 8.58. The number of halogens is 4. The number of amides is 1. The number of benzene rings is 3. The summed E-state index contributed by atoms with van der Waals surface area (Å²) in [6.07, 6.45) is 1.46. The van der Waals surface area contributed by atoms with Gasteiger partial charge < -0.3 is 21.1 Å². The standard InChI is InChI=1S/C34H40F4N4O4S/c1-20(2)46-19-27-18-40-17-26(42(27)47(44,45)28-11-12-28)10-13-29-30(38)4-3-5-31(29)41-34(43)33(39)32(21-6-8-23(35)9-7-21)22-14-24(36)16-25(37)15-22/h3-9,14-16,20,26-28,32-33,40H,10-13,17-19,39H2,1-2H3,(H,41,43)/t26-,27?,32-,33-/m0/s1. The van der Waals surface area contributed by atoms with Gasteiger partial charge in [-0.05, 0) is 87.1 Å². The molecule has 3 aromatic rings. The SMILES string of the molecule is CC(C)OCC1CNC[C@H](CCc2c(F)cccc2NC(=O)[C@@H](N)[C@@H](c2ccc(F)cc2)c2cc(F)cc(F)c2)N1S(=O)(=O)C1CC1. The van der Waals surface area contributed by atoms with Crippen molar-refractivity contribution < 1.29 is 35.5 Å². The molecule has 13 heteroatoms. The minimum atomic E-state index is -3.60. The molecule has 1 heterocycles. The van der Waals surface area contributed by atoms with Gasteiger partial charge in [-0.3, -0.25) is 4.79 Å². The summed E-state index contributed by atoms with van der Waals surface area (Å²) >= 11 is 0. The molecule has 4 atom stereocenters. The third kappa shape index (κ3) is 8.39. The van der Waals surface area contributed by atoms with Gasteiger partial charge in [0.2, 0.25) is 15.9 Å². The third-order valence-corrected chi connectivity index (χ3v) is 11.1. The molecule has 4 N–H and O–H groups in total. The Morgan fingerprint density at radius 3 is 2.26 bits per heavy atom. The smallest absolute Gasteiger partial charge is 0.242 e. The molecule has 3 aromatic carbocycles. The van der Waals surface area contributed by atoms with Crippen LogP contribution in [0.5, 0.6) is 0 Å². The van der Waals surface area contributed by atoms with Crippen LogP contribution in [0.15, 0.2) is 60.7 Å². The monoisotopic (exact) mass is 676 g/mol. The van der Waals surface area contributed by atoms with Crippen molar-refractivity contribution >= 4 is 21.6 Å². The highest BCUT2D eigenvalue weighted by Gasteiger charge is 2.47. The molecule has 2 fully saturated rings. The zero-order chi connectivity index (χ0) is 33.9. The number of hydrogen-bond acceptors (Lipinski definition) is 6. The quantitative estimate of drug-likeness (QED) is 0.224. The van der Waals surface area contributed by atoms with Crippen molar-refractivity contribution in [2.24, 2.45) is 5.73 Å². The van der Waals surface area contributed by atoms with Crippen molar-refractivity contribution in [3.8, 4) is 0 Å². The van der Waals surface area contributed by atoms with E-state index >= 15 is 4.39 Å². The number of nitrogens with one attached hydrogen (secondary N) is 2.